The van der Waals surface area contributed by atoms with Crippen LogP contribution >= 0.6 is 11.3 Å². The summed E-state index contributed by atoms with van der Waals surface area (Å²) in [5, 5.41) is 13.6. The number of methoxy groups -OCH3 is 1. The van der Waals surface area contributed by atoms with Crippen molar-refractivity contribution in [3.63, 3.8) is 0 Å². The first kappa shape index (κ1) is 18.0. The molecule has 0 bridgehead atoms. The van der Waals surface area contributed by atoms with Crippen LogP contribution in [-0.4, -0.2) is 30.8 Å². The predicted molar refractivity (Wildman–Crippen MR) is 91.7 cm³/mol. The first-order chi connectivity index (χ1) is 11.6. The van der Waals surface area contributed by atoms with Crippen molar-refractivity contribution in [3.8, 4) is 5.75 Å². The van der Waals surface area contributed by atoms with E-state index in [1.54, 1.807) is 36.5 Å². The lowest BCUT2D eigenvalue weighted by Crippen LogP contribution is -2.25. The number of aliphatic carboxylic acids is 1. The summed E-state index contributed by atoms with van der Waals surface area (Å²) in [5.41, 5.74) is 2.32. The first-order valence-electron chi connectivity index (χ1n) is 7.64. The van der Waals surface area contributed by atoms with Gasteiger partial charge < -0.3 is 14.6 Å². The van der Waals surface area contributed by atoms with Crippen LogP contribution in [0.15, 0.2) is 35.0 Å². The molecule has 0 saturated carbocycles. The Hall–Kier alpha value is -2.34. The fourth-order valence-electron chi connectivity index (χ4n) is 2.60. The molecule has 0 aliphatic heterocycles. The molecule has 5 nitrogen and oxygen atoms in total. The molecule has 6 heteroatoms. The molecule has 2 aromatic rings. The number of carbonyl (C=O) groups excluding carboxylic acids is 1. The van der Waals surface area contributed by atoms with Crippen LogP contribution in [0.4, 0.5) is 0 Å². The molecule has 1 heterocycles. The molecule has 0 fully saturated rings. The third-order valence-corrected chi connectivity index (χ3v) is 4.45. The minimum Gasteiger partial charge on any atom is -0.496 e. The van der Waals surface area contributed by atoms with Crippen LogP contribution in [-0.2, 0) is 27.2 Å². The molecule has 2 rings (SSSR count). The van der Waals surface area contributed by atoms with Crippen molar-refractivity contribution in [1.29, 1.82) is 0 Å². The molecule has 1 aromatic heterocycles. The van der Waals surface area contributed by atoms with Crippen LogP contribution in [0.5, 0.6) is 5.75 Å². The highest BCUT2D eigenvalue weighted by atomic mass is 32.1. The Kier molecular flexibility index (Phi) is 6.37. The van der Waals surface area contributed by atoms with Gasteiger partial charge in [-0.15, -0.1) is 0 Å². The zero-order valence-electron chi connectivity index (χ0n) is 13.7. The third kappa shape index (κ3) is 4.14. The van der Waals surface area contributed by atoms with E-state index in [9.17, 15) is 14.7 Å². The Labute approximate surface area is 144 Å². The maximum Gasteiger partial charge on any atom is 0.324 e. The van der Waals surface area contributed by atoms with E-state index in [-0.39, 0.29) is 6.61 Å². The largest absolute Gasteiger partial charge is 0.496 e. The average molecular weight is 348 g/mol. The van der Waals surface area contributed by atoms with Crippen LogP contribution in [0.1, 0.15) is 29.5 Å². The number of ether oxygens (including phenoxy) is 2. The van der Waals surface area contributed by atoms with E-state index in [0.717, 1.165) is 12.0 Å². The van der Waals surface area contributed by atoms with Crippen LogP contribution in [0.3, 0.4) is 0 Å². The highest BCUT2D eigenvalue weighted by molar-refractivity contribution is 7.07. The molecule has 128 valence electrons. The Morgan fingerprint density at radius 2 is 2.04 bits per heavy atom. The number of hydrogen-bond donors (Lipinski definition) is 1. The van der Waals surface area contributed by atoms with Gasteiger partial charge in [0.15, 0.2) is 5.92 Å². The van der Waals surface area contributed by atoms with Crippen LogP contribution in [0.25, 0.3) is 0 Å². The molecular formula is C18H20O5S. The first-order valence-corrected chi connectivity index (χ1v) is 8.59. The SMILES string of the molecule is CCOC(=O)C(C(=O)O)c1cccc(OC)c1CCc1ccsc1. The number of aryl methyl sites for hydroxylation is 1. The summed E-state index contributed by atoms with van der Waals surface area (Å²) in [7, 11) is 1.54. The maximum atomic E-state index is 12.1. The van der Waals surface area contributed by atoms with E-state index >= 15 is 0 Å². The lowest BCUT2D eigenvalue weighted by Gasteiger charge is -2.18. The lowest BCUT2D eigenvalue weighted by atomic mass is 9.90. The minimum atomic E-state index is -1.35. The molecule has 0 saturated heterocycles. The Morgan fingerprint density at radius 3 is 2.62 bits per heavy atom. The summed E-state index contributed by atoms with van der Waals surface area (Å²) in [6.45, 7) is 1.79. The van der Waals surface area contributed by atoms with Gasteiger partial charge in [0, 0.05) is 0 Å². The van der Waals surface area contributed by atoms with Gasteiger partial charge in [0.25, 0.3) is 0 Å². The van der Waals surface area contributed by atoms with Crippen molar-refractivity contribution in [2.24, 2.45) is 0 Å². The number of carboxylic acid groups (broad SMARTS) is 1. The van der Waals surface area contributed by atoms with Gasteiger partial charge in [-0.2, -0.15) is 11.3 Å². The summed E-state index contributed by atoms with van der Waals surface area (Å²) in [6.07, 6.45) is 1.32. The highest BCUT2D eigenvalue weighted by Crippen LogP contribution is 2.31. The van der Waals surface area contributed by atoms with E-state index in [0.29, 0.717) is 17.7 Å². The van der Waals surface area contributed by atoms with Crippen molar-refractivity contribution in [3.05, 3.63) is 51.7 Å². The average Bonchev–Trinajstić information content (AvgIpc) is 3.06. The molecule has 0 aliphatic carbocycles. The number of rotatable bonds is 8. The summed E-state index contributed by atoms with van der Waals surface area (Å²) in [6, 6.07) is 7.15. The zero-order chi connectivity index (χ0) is 17.5. The van der Waals surface area contributed by atoms with Crippen molar-refractivity contribution in [2.75, 3.05) is 13.7 Å². The van der Waals surface area contributed by atoms with Crippen LogP contribution in [0, 0.1) is 0 Å². The second kappa shape index (κ2) is 8.49. The normalized spacial score (nSPS) is 11.8. The van der Waals surface area contributed by atoms with Gasteiger partial charge in [0.2, 0.25) is 0 Å². The van der Waals surface area contributed by atoms with E-state index in [1.165, 1.54) is 12.7 Å². The molecule has 0 spiro atoms. The van der Waals surface area contributed by atoms with Crippen LogP contribution < -0.4 is 4.74 Å². The second-order valence-corrected chi connectivity index (χ2v) is 5.96. The topological polar surface area (TPSA) is 72.8 Å². The third-order valence-electron chi connectivity index (χ3n) is 3.71. The molecule has 1 unspecified atom stereocenters. The number of esters is 1. The Balaban J connectivity index is 2.39. The molecule has 0 amide bonds. The van der Waals surface area contributed by atoms with Crippen LogP contribution in [0.2, 0.25) is 0 Å². The Morgan fingerprint density at radius 1 is 1.25 bits per heavy atom. The number of thiophene rings is 1. The molecule has 1 aromatic carbocycles. The van der Waals surface area contributed by atoms with E-state index in [1.807, 2.05) is 11.4 Å². The maximum absolute atomic E-state index is 12.1. The summed E-state index contributed by atoms with van der Waals surface area (Å²) in [4.78, 5) is 23.8. The van der Waals surface area contributed by atoms with E-state index in [2.05, 4.69) is 5.38 Å². The monoisotopic (exact) mass is 348 g/mol. The lowest BCUT2D eigenvalue weighted by molar-refractivity contribution is -0.153. The van der Waals surface area contributed by atoms with Crippen molar-refractivity contribution in [1.82, 2.24) is 0 Å². The number of carboxylic acids is 1. The van der Waals surface area contributed by atoms with Crippen molar-refractivity contribution >= 4 is 23.3 Å². The quantitative estimate of drug-likeness (QED) is 0.585. The van der Waals surface area contributed by atoms with Gasteiger partial charge in [-0.1, -0.05) is 12.1 Å². The fourth-order valence-corrected chi connectivity index (χ4v) is 3.31. The fraction of sp³-hybridized carbons (Fsp3) is 0.333. The summed E-state index contributed by atoms with van der Waals surface area (Å²) < 4.78 is 10.3. The minimum absolute atomic E-state index is 0.136. The molecular weight excluding hydrogens is 328 g/mol. The van der Waals surface area contributed by atoms with Gasteiger partial charge in [-0.25, -0.2) is 0 Å². The van der Waals surface area contributed by atoms with Gasteiger partial charge in [-0.05, 0) is 59.3 Å². The van der Waals surface area contributed by atoms with E-state index < -0.39 is 17.9 Å². The van der Waals surface area contributed by atoms with E-state index in [4.69, 9.17) is 9.47 Å². The predicted octanol–water partition coefficient (Wildman–Crippen LogP) is 3.27. The smallest absolute Gasteiger partial charge is 0.324 e. The highest BCUT2D eigenvalue weighted by Gasteiger charge is 2.32. The van der Waals surface area contributed by atoms with Gasteiger partial charge >= 0.3 is 11.9 Å². The molecule has 0 radical (unpaired) electrons. The van der Waals surface area contributed by atoms with Gasteiger partial charge in [0.05, 0.1) is 13.7 Å². The number of carbonyl (C=O) groups is 2. The molecule has 0 aliphatic rings. The number of benzene rings is 1. The molecule has 24 heavy (non-hydrogen) atoms. The zero-order valence-corrected chi connectivity index (χ0v) is 14.5. The van der Waals surface area contributed by atoms with Crippen molar-refractivity contribution < 1.29 is 24.2 Å². The molecule has 1 N–H and O–H groups in total. The van der Waals surface area contributed by atoms with Gasteiger partial charge in [-0.3, -0.25) is 9.59 Å². The number of hydrogen-bond acceptors (Lipinski definition) is 5. The second-order valence-electron chi connectivity index (χ2n) is 5.18. The summed E-state index contributed by atoms with van der Waals surface area (Å²) in [5.74, 6) is -2.75. The van der Waals surface area contributed by atoms with Gasteiger partial charge in [0.1, 0.15) is 5.75 Å². The standard InChI is InChI=1S/C18H20O5S/c1-3-23-18(21)16(17(19)20)14-5-4-6-15(22-2)13(14)8-7-12-9-10-24-11-12/h4-6,9-11,16H,3,7-8H2,1-2H3,(H,19,20). The Bertz CT molecular complexity index is 693. The summed E-state index contributed by atoms with van der Waals surface area (Å²) >= 11 is 1.61. The van der Waals surface area contributed by atoms with Crippen molar-refractivity contribution in [2.45, 2.75) is 25.7 Å². The molecule has 1 atom stereocenters.